The van der Waals surface area contributed by atoms with Gasteiger partial charge in [0.25, 0.3) is 0 Å². The van der Waals surface area contributed by atoms with Crippen LogP contribution in [0.15, 0.2) is 4.52 Å². The van der Waals surface area contributed by atoms with E-state index in [2.05, 4.69) is 35.0 Å². The third-order valence-corrected chi connectivity index (χ3v) is 11.4. The molecule has 1 fully saturated rings. The second-order valence-corrected chi connectivity index (χ2v) is 13.8. The molecule has 0 radical (unpaired) electrons. The zero-order chi connectivity index (χ0) is 30.2. The van der Waals surface area contributed by atoms with Crippen LogP contribution in [0.5, 0.6) is 5.88 Å². The minimum atomic E-state index is -0.422. The lowest BCUT2D eigenvalue weighted by molar-refractivity contribution is 0.227. The number of likely N-dealkylation sites (tertiary alicyclic amines) is 1. The number of aliphatic hydroxyl groups is 1. The first-order valence-electron chi connectivity index (χ1n) is 15.8. The number of aryl methyl sites for hydroxylation is 1. The highest BCUT2D eigenvalue weighted by molar-refractivity contribution is 7.16. The van der Waals surface area contributed by atoms with Crippen LogP contribution in [0.4, 0.5) is 10.8 Å². The van der Waals surface area contributed by atoms with Crippen LogP contribution in [-0.4, -0.2) is 80.8 Å². The van der Waals surface area contributed by atoms with E-state index in [1.54, 1.807) is 11.3 Å². The number of nitrogens with zero attached hydrogens (tertiary/aromatic N) is 8. The van der Waals surface area contributed by atoms with Gasteiger partial charge in [-0.2, -0.15) is 5.26 Å². The van der Waals surface area contributed by atoms with Crippen molar-refractivity contribution in [3.05, 3.63) is 27.3 Å². The number of likely N-dealkylation sites (N-methyl/N-ethyl adjacent to an activating group) is 1. The second kappa shape index (κ2) is 10.4. The Balaban J connectivity index is 1.32. The number of ether oxygens (including phenoxy) is 1. The number of anilines is 2. The minimum Gasteiger partial charge on any atom is -0.474 e. The molecule has 6 heterocycles. The van der Waals surface area contributed by atoms with E-state index in [4.69, 9.17) is 30.1 Å². The van der Waals surface area contributed by atoms with Crippen molar-refractivity contribution >= 4 is 33.2 Å². The highest BCUT2D eigenvalue weighted by atomic mass is 32.1. The van der Waals surface area contributed by atoms with Crippen LogP contribution < -0.4 is 15.4 Å². The first kappa shape index (κ1) is 27.8. The Labute approximate surface area is 259 Å². The standard InChI is InChI=1S/C31H37N9O3S/c1-17(20-7-5-11-38(20)2)40-29-22-28(39(12-14-41)13-15-42-30(22)36-40)34-27(35-29)24-18-6-3-9-31(25(18)43-37-24)10-4-8-21-23(31)19(16-32)26(33)44-21/h17,20,41H,3-15,33H2,1-2H3. The van der Waals surface area contributed by atoms with Crippen molar-refractivity contribution in [2.24, 2.45) is 0 Å². The van der Waals surface area contributed by atoms with Gasteiger partial charge in [-0.1, -0.05) is 5.16 Å². The number of aromatic nitrogens is 5. The van der Waals surface area contributed by atoms with Gasteiger partial charge in [-0.3, -0.25) is 0 Å². The van der Waals surface area contributed by atoms with E-state index in [0.717, 1.165) is 80.2 Å². The zero-order valence-electron chi connectivity index (χ0n) is 25.2. The van der Waals surface area contributed by atoms with Gasteiger partial charge in [-0.05, 0) is 77.4 Å². The van der Waals surface area contributed by atoms with Crippen LogP contribution in [0.3, 0.4) is 0 Å². The molecule has 4 aromatic heterocycles. The van der Waals surface area contributed by atoms with E-state index in [-0.39, 0.29) is 12.6 Å². The highest BCUT2D eigenvalue weighted by Crippen LogP contribution is 2.55. The lowest BCUT2D eigenvalue weighted by Crippen LogP contribution is -2.35. The monoisotopic (exact) mass is 615 g/mol. The molecule has 2 aliphatic heterocycles. The Morgan fingerprint density at radius 1 is 1.20 bits per heavy atom. The molecule has 0 amide bonds. The molecule has 44 heavy (non-hydrogen) atoms. The number of aliphatic hydroxyl groups excluding tert-OH is 1. The molecule has 1 saturated heterocycles. The van der Waals surface area contributed by atoms with Crippen LogP contribution in [0, 0.1) is 11.3 Å². The van der Waals surface area contributed by atoms with Crippen molar-refractivity contribution in [1.29, 1.82) is 5.26 Å². The molecule has 0 aromatic carbocycles. The molecular formula is C31H37N9O3S. The molecule has 2 aliphatic carbocycles. The number of β-amino-alcohol motifs (C(OH)–C–C–N with tert-alkyl or cyclic N) is 1. The topological polar surface area (TPSA) is 155 Å². The summed E-state index contributed by atoms with van der Waals surface area (Å²) in [6.45, 7) is 4.67. The first-order chi connectivity index (χ1) is 21.4. The van der Waals surface area contributed by atoms with Gasteiger partial charge < -0.3 is 29.9 Å². The van der Waals surface area contributed by atoms with E-state index in [1.807, 2.05) is 4.68 Å². The third kappa shape index (κ3) is 3.93. The Hall–Kier alpha value is -3.73. The number of nitrogens with two attached hydrogens (primary N) is 1. The Morgan fingerprint density at radius 3 is 2.82 bits per heavy atom. The minimum absolute atomic E-state index is 0.0111. The summed E-state index contributed by atoms with van der Waals surface area (Å²) in [7, 11) is 2.17. The number of fused-ring (bicyclic) bond motifs is 4. The van der Waals surface area contributed by atoms with Crippen molar-refractivity contribution in [1.82, 2.24) is 29.8 Å². The Morgan fingerprint density at radius 2 is 2.05 bits per heavy atom. The molecule has 3 unspecified atom stereocenters. The van der Waals surface area contributed by atoms with Gasteiger partial charge in [0.2, 0.25) is 5.88 Å². The maximum atomic E-state index is 10.1. The zero-order valence-corrected chi connectivity index (χ0v) is 26.0. The fourth-order valence-corrected chi connectivity index (χ4v) is 9.49. The quantitative estimate of drug-likeness (QED) is 0.337. The Kier molecular flexibility index (Phi) is 6.59. The molecule has 3 N–H and O–H groups in total. The fraction of sp³-hybridized carbons (Fsp3) is 0.581. The van der Waals surface area contributed by atoms with E-state index in [9.17, 15) is 10.4 Å². The normalized spacial score (nSPS) is 23.8. The maximum Gasteiger partial charge on any atom is 0.246 e. The van der Waals surface area contributed by atoms with Gasteiger partial charge >= 0.3 is 0 Å². The van der Waals surface area contributed by atoms with Crippen LogP contribution in [-0.2, 0) is 18.3 Å². The van der Waals surface area contributed by atoms with Gasteiger partial charge in [-0.15, -0.1) is 16.4 Å². The molecule has 4 aliphatic rings. The van der Waals surface area contributed by atoms with Crippen LogP contribution in [0.1, 0.15) is 78.8 Å². The molecular weight excluding hydrogens is 578 g/mol. The highest BCUT2D eigenvalue weighted by Gasteiger charge is 2.49. The summed E-state index contributed by atoms with van der Waals surface area (Å²) < 4.78 is 14.4. The second-order valence-electron chi connectivity index (χ2n) is 12.7. The average molecular weight is 616 g/mol. The van der Waals surface area contributed by atoms with Crippen LogP contribution in [0.2, 0.25) is 0 Å². The van der Waals surface area contributed by atoms with Crippen molar-refractivity contribution in [2.45, 2.75) is 75.8 Å². The summed E-state index contributed by atoms with van der Waals surface area (Å²) >= 11 is 1.54. The molecule has 3 atom stereocenters. The van der Waals surface area contributed by atoms with Crippen molar-refractivity contribution in [3.8, 4) is 23.5 Å². The largest absolute Gasteiger partial charge is 0.474 e. The van der Waals surface area contributed by atoms with Crippen molar-refractivity contribution in [3.63, 3.8) is 0 Å². The van der Waals surface area contributed by atoms with Gasteiger partial charge in [0.1, 0.15) is 28.9 Å². The summed E-state index contributed by atoms with van der Waals surface area (Å²) in [6, 6.07) is 2.79. The molecule has 13 heteroatoms. The predicted octanol–water partition coefficient (Wildman–Crippen LogP) is 3.80. The molecule has 0 saturated carbocycles. The number of hydrogen-bond acceptors (Lipinski definition) is 12. The lowest BCUT2D eigenvalue weighted by Gasteiger charge is -2.39. The summed E-state index contributed by atoms with van der Waals surface area (Å²) in [5, 5.41) is 31.0. The fourth-order valence-electron chi connectivity index (χ4n) is 8.33. The van der Waals surface area contributed by atoms with Crippen LogP contribution >= 0.6 is 11.3 Å². The predicted molar refractivity (Wildman–Crippen MR) is 166 cm³/mol. The summed E-state index contributed by atoms with van der Waals surface area (Å²) in [5.74, 6) is 2.54. The van der Waals surface area contributed by atoms with Gasteiger partial charge in [0.15, 0.2) is 22.9 Å². The summed E-state index contributed by atoms with van der Waals surface area (Å²) in [6.07, 6.45) is 7.69. The van der Waals surface area contributed by atoms with E-state index < -0.39 is 5.41 Å². The molecule has 12 nitrogen and oxygen atoms in total. The summed E-state index contributed by atoms with van der Waals surface area (Å²) in [5.41, 5.74) is 9.93. The number of nitrogen functional groups attached to an aromatic ring is 1. The summed E-state index contributed by atoms with van der Waals surface area (Å²) in [4.78, 5) is 15.9. The molecule has 8 rings (SSSR count). The van der Waals surface area contributed by atoms with E-state index >= 15 is 0 Å². The Bertz CT molecular complexity index is 1800. The van der Waals surface area contributed by atoms with E-state index in [1.165, 1.54) is 4.88 Å². The third-order valence-electron chi connectivity index (χ3n) is 10.4. The van der Waals surface area contributed by atoms with Crippen molar-refractivity contribution in [2.75, 3.05) is 50.5 Å². The van der Waals surface area contributed by atoms with Gasteiger partial charge in [-0.25, -0.2) is 14.6 Å². The SMILES string of the molecule is CC(C1CCCN1C)n1nc2c3c(nc(-c4noc5c4CCCC54CCCc5sc(N)c(C#N)c54)nc31)N(CCO)CCO2. The number of hydrogen-bond donors (Lipinski definition) is 2. The lowest BCUT2D eigenvalue weighted by atomic mass is 9.63. The van der Waals surface area contributed by atoms with Gasteiger partial charge in [0, 0.05) is 23.0 Å². The number of rotatable bonds is 5. The number of nitriles is 1. The number of thiophene rings is 1. The average Bonchev–Trinajstić information content (AvgIpc) is 3.78. The molecule has 0 bridgehead atoms. The maximum absolute atomic E-state index is 10.1. The van der Waals surface area contributed by atoms with E-state index in [0.29, 0.717) is 65.2 Å². The smallest absolute Gasteiger partial charge is 0.246 e. The molecule has 230 valence electrons. The van der Waals surface area contributed by atoms with Crippen LogP contribution in [0.25, 0.3) is 22.6 Å². The molecule has 1 spiro atoms. The molecule has 4 aromatic rings. The first-order valence-corrected chi connectivity index (χ1v) is 16.6. The van der Waals surface area contributed by atoms with Gasteiger partial charge in [0.05, 0.1) is 30.2 Å². The van der Waals surface area contributed by atoms with Crippen molar-refractivity contribution < 1.29 is 14.4 Å².